The lowest BCUT2D eigenvalue weighted by atomic mass is 10.2. The molecule has 2 N–H and O–H groups in total. The van der Waals surface area contributed by atoms with Crippen LogP contribution < -0.4 is 20.1 Å². The Morgan fingerprint density at radius 1 is 0.903 bits per heavy atom. The average molecular weight is 445 g/mol. The van der Waals surface area contributed by atoms with Crippen LogP contribution >= 0.6 is 12.2 Å². The molecule has 0 radical (unpaired) electrons. The van der Waals surface area contributed by atoms with Crippen molar-refractivity contribution in [2.24, 2.45) is 0 Å². The standard InChI is InChI=1S/C24H32N2O4S/c1-3-5-6-7-15-29-22-10-8-9-20(18-22)25-24(31)26-23(27)19-11-13-21(14-12-19)30-17-16-28-4-2/h8-14,18H,3-7,15-17H2,1-2H3,(H2,25,26,27,31). The van der Waals surface area contributed by atoms with Gasteiger partial charge in [0.2, 0.25) is 0 Å². The second kappa shape index (κ2) is 14.4. The van der Waals surface area contributed by atoms with Crippen LogP contribution in [0.3, 0.4) is 0 Å². The molecule has 0 atom stereocenters. The third kappa shape index (κ3) is 9.81. The maximum atomic E-state index is 12.4. The molecule has 0 unspecified atom stereocenters. The number of carbonyl (C=O) groups excluding carboxylic acids is 1. The first-order valence-electron chi connectivity index (χ1n) is 10.8. The largest absolute Gasteiger partial charge is 0.494 e. The molecule has 0 saturated carbocycles. The highest BCUT2D eigenvalue weighted by Crippen LogP contribution is 2.18. The van der Waals surface area contributed by atoms with Crippen molar-refractivity contribution in [1.82, 2.24) is 5.32 Å². The van der Waals surface area contributed by atoms with Crippen molar-refractivity contribution in [2.45, 2.75) is 39.5 Å². The molecule has 0 saturated heterocycles. The van der Waals surface area contributed by atoms with E-state index in [2.05, 4.69) is 17.6 Å². The van der Waals surface area contributed by atoms with Crippen molar-refractivity contribution in [1.29, 1.82) is 0 Å². The van der Waals surface area contributed by atoms with Gasteiger partial charge in [0.05, 0.1) is 13.2 Å². The van der Waals surface area contributed by atoms with Gasteiger partial charge in [-0.05, 0) is 62.0 Å². The van der Waals surface area contributed by atoms with Crippen LogP contribution in [0.1, 0.15) is 49.9 Å². The number of hydrogen-bond donors (Lipinski definition) is 2. The first-order chi connectivity index (χ1) is 15.1. The molecule has 2 rings (SSSR count). The van der Waals surface area contributed by atoms with Crippen LogP contribution in [0.2, 0.25) is 0 Å². The molecule has 7 heteroatoms. The number of rotatable bonds is 13. The van der Waals surface area contributed by atoms with Crippen molar-refractivity contribution < 1.29 is 19.0 Å². The fraction of sp³-hybridized carbons (Fsp3) is 0.417. The maximum Gasteiger partial charge on any atom is 0.257 e. The third-order valence-electron chi connectivity index (χ3n) is 4.40. The molecule has 1 amide bonds. The molecular weight excluding hydrogens is 412 g/mol. The zero-order valence-corrected chi connectivity index (χ0v) is 19.1. The van der Waals surface area contributed by atoms with E-state index in [0.717, 1.165) is 17.9 Å². The van der Waals surface area contributed by atoms with Crippen molar-refractivity contribution in [3.63, 3.8) is 0 Å². The number of anilines is 1. The van der Waals surface area contributed by atoms with Crippen LogP contribution in [0, 0.1) is 0 Å². The molecule has 6 nitrogen and oxygen atoms in total. The Morgan fingerprint density at radius 3 is 2.42 bits per heavy atom. The van der Waals surface area contributed by atoms with Gasteiger partial charge in [0, 0.05) is 23.9 Å². The van der Waals surface area contributed by atoms with Gasteiger partial charge in [-0.15, -0.1) is 0 Å². The van der Waals surface area contributed by atoms with Crippen LogP contribution in [0.5, 0.6) is 11.5 Å². The topological polar surface area (TPSA) is 68.8 Å². The third-order valence-corrected chi connectivity index (χ3v) is 4.61. The number of thiocarbonyl (C=S) groups is 1. The summed E-state index contributed by atoms with van der Waals surface area (Å²) in [5, 5.41) is 5.94. The summed E-state index contributed by atoms with van der Waals surface area (Å²) in [7, 11) is 0. The number of hydrogen-bond acceptors (Lipinski definition) is 5. The second-order valence-electron chi connectivity index (χ2n) is 6.91. The van der Waals surface area contributed by atoms with E-state index < -0.39 is 0 Å². The minimum Gasteiger partial charge on any atom is -0.494 e. The summed E-state index contributed by atoms with van der Waals surface area (Å²) in [5.74, 6) is 1.17. The zero-order valence-electron chi connectivity index (χ0n) is 18.3. The lowest BCUT2D eigenvalue weighted by molar-refractivity contribution is 0.0977. The normalized spacial score (nSPS) is 10.4. The Hall–Kier alpha value is -2.64. The molecular formula is C24H32N2O4S. The van der Waals surface area contributed by atoms with E-state index >= 15 is 0 Å². The number of nitrogens with one attached hydrogen (secondary N) is 2. The van der Waals surface area contributed by atoms with Gasteiger partial charge in [-0.25, -0.2) is 0 Å². The van der Waals surface area contributed by atoms with Crippen LogP contribution in [0.15, 0.2) is 48.5 Å². The van der Waals surface area contributed by atoms with E-state index in [4.69, 9.17) is 26.4 Å². The van der Waals surface area contributed by atoms with Gasteiger partial charge in [-0.3, -0.25) is 10.1 Å². The van der Waals surface area contributed by atoms with Crippen molar-refractivity contribution in [2.75, 3.05) is 31.7 Å². The Labute approximate surface area is 190 Å². The fourth-order valence-electron chi connectivity index (χ4n) is 2.79. The Kier molecular flexibility index (Phi) is 11.4. The van der Waals surface area contributed by atoms with E-state index in [1.165, 1.54) is 19.3 Å². The van der Waals surface area contributed by atoms with Crippen molar-refractivity contribution in [3.8, 4) is 11.5 Å². The van der Waals surface area contributed by atoms with Crippen LogP contribution in [0.25, 0.3) is 0 Å². The summed E-state index contributed by atoms with van der Waals surface area (Å²) in [6.45, 7) is 6.47. The van der Waals surface area contributed by atoms with E-state index in [1.807, 2.05) is 31.2 Å². The summed E-state index contributed by atoms with van der Waals surface area (Å²) in [6.07, 6.45) is 4.64. The highest BCUT2D eigenvalue weighted by atomic mass is 32.1. The Bertz CT molecular complexity index is 811. The Morgan fingerprint density at radius 2 is 1.68 bits per heavy atom. The molecule has 2 aromatic rings. The number of carbonyl (C=O) groups is 1. The minimum absolute atomic E-state index is 0.224. The summed E-state index contributed by atoms with van der Waals surface area (Å²) in [4.78, 5) is 12.4. The number of benzene rings is 2. The molecule has 0 aliphatic carbocycles. The smallest absolute Gasteiger partial charge is 0.257 e. The average Bonchev–Trinajstić information content (AvgIpc) is 2.77. The summed E-state index contributed by atoms with van der Waals surface area (Å²) >= 11 is 5.28. The van der Waals surface area contributed by atoms with Gasteiger partial charge in [-0.2, -0.15) is 0 Å². The second-order valence-corrected chi connectivity index (χ2v) is 7.32. The highest BCUT2D eigenvalue weighted by molar-refractivity contribution is 7.80. The highest BCUT2D eigenvalue weighted by Gasteiger charge is 2.09. The molecule has 2 aromatic carbocycles. The van der Waals surface area contributed by atoms with Gasteiger partial charge >= 0.3 is 0 Å². The summed E-state index contributed by atoms with van der Waals surface area (Å²) in [5.41, 5.74) is 1.25. The SMILES string of the molecule is CCCCCCOc1cccc(NC(=S)NC(=O)c2ccc(OCCOCC)cc2)c1. The van der Waals surface area contributed by atoms with Crippen LogP contribution in [-0.2, 0) is 4.74 Å². The molecule has 0 aliphatic rings. The van der Waals surface area contributed by atoms with E-state index in [-0.39, 0.29) is 11.0 Å². The molecule has 168 valence electrons. The van der Waals surface area contributed by atoms with Gasteiger partial charge < -0.3 is 19.5 Å². The van der Waals surface area contributed by atoms with E-state index in [0.29, 0.717) is 37.7 Å². The summed E-state index contributed by atoms with van der Waals surface area (Å²) in [6, 6.07) is 14.4. The van der Waals surface area contributed by atoms with E-state index in [1.54, 1.807) is 24.3 Å². The summed E-state index contributed by atoms with van der Waals surface area (Å²) < 4.78 is 16.6. The first-order valence-corrected chi connectivity index (χ1v) is 11.2. The maximum absolute atomic E-state index is 12.4. The molecule has 0 aliphatic heterocycles. The quantitative estimate of drug-likeness (QED) is 0.327. The van der Waals surface area contributed by atoms with Crippen molar-refractivity contribution in [3.05, 3.63) is 54.1 Å². The predicted octanol–water partition coefficient (Wildman–Crippen LogP) is 5.19. The van der Waals surface area contributed by atoms with Gasteiger partial charge in [0.15, 0.2) is 5.11 Å². The number of unbranched alkanes of at least 4 members (excludes halogenated alkanes) is 3. The van der Waals surface area contributed by atoms with Gasteiger partial charge in [0.1, 0.15) is 18.1 Å². The number of ether oxygens (including phenoxy) is 3. The Balaban J connectivity index is 1.78. The van der Waals surface area contributed by atoms with Crippen LogP contribution in [-0.4, -0.2) is 37.4 Å². The fourth-order valence-corrected chi connectivity index (χ4v) is 3.00. The van der Waals surface area contributed by atoms with Gasteiger partial charge in [0.25, 0.3) is 5.91 Å². The number of amides is 1. The monoisotopic (exact) mass is 444 g/mol. The van der Waals surface area contributed by atoms with E-state index in [9.17, 15) is 4.79 Å². The zero-order chi connectivity index (χ0) is 22.3. The molecule has 0 heterocycles. The minimum atomic E-state index is -0.290. The van der Waals surface area contributed by atoms with Crippen LogP contribution in [0.4, 0.5) is 5.69 Å². The predicted molar refractivity (Wildman–Crippen MR) is 128 cm³/mol. The molecule has 0 spiro atoms. The molecule has 0 fully saturated rings. The lowest BCUT2D eigenvalue weighted by Crippen LogP contribution is -2.34. The van der Waals surface area contributed by atoms with Crippen molar-refractivity contribution >= 4 is 28.9 Å². The lowest BCUT2D eigenvalue weighted by Gasteiger charge is -2.12. The molecule has 0 bridgehead atoms. The molecule has 31 heavy (non-hydrogen) atoms. The molecule has 0 aromatic heterocycles. The van der Waals surface area contributed by atoms with Gasteiger partial charge in [-0.1, -0.05) is 32.3 Å². The first kappa shape index (κ1) is 24.6.